The number of unbranched alkanes of at least 4 members (excludes halogenated alkanes) is 1. The maximum atomic E-state index is 11.4. The van der Waals surface area contributed by atoms with Gasteiger partial charge in [0.25, 0.3) is 15.1 Å². The van der Waals surface area contributed by atoms with Crippen LogP contribution in [0.1, 0.15) is 60.2 Å². The number of para-hydroxylation sites is 1. The molecule has 5 rings (SSSR count). The lowest BCUT2D eigenvalue weighted by Gasteiger charge is -2.29. The van der Waals surface area contributed by atoms with Gasteiger partial charge >= 0.3 is 0 Å². The van der Waals surface area contributed by atoms with Crippen molar-refractivity contribution in [2.24, 2.45) is 0 Å². The minimum absolute atomic E-state index is 0.241. The summed E-state index contributed by atoms with van der Waals surface area (Å²) in [7, 11) is -3.99. The van der Waals surface area contributed by atoms with Gasteiger partial charge in [-0.2, -0.15) is 13.0 Å². The number of benzene rings is 3. The molecule has 190 valence electrons. The SMILES string of the molecule is CCCCC1=CC(=Cc2sc3ccccc3[n+]2CCCS(=O)(=O)O)c2ccccc2C1c1ccccc1. The van der Waals surface area contributed by atoms with Gasteiger partial charge in [0.15, 0.2) is 6.54 Å². The monoisotopic (exact) mass is 530 g/mol. The second-order valence-electron chi connectivity index (χ2n) is 9.55. The average molecular weight is 531 g/mol. The van der Waals surface area contributed by atoms with Crippen LogP contribution in [0.5, 0.6) is 0 Å². The molecule has 1 atom stereocenters. The maximum Gasteiger partial charge on any atom is 0.265 e. The van der Waals surface area contributed by atoms with Crippen LogP contribution in [0.25, 0.3) is 21.9 Å². The van der Waals surface area contributed by atoms with Crippen molar-refractivity contribution in [3.63, 3.8) is 0 Å². The first-order valence-electron chi connectivity index (χ1n) is 12.9. The summed E-state index contributed by atoms with van der Waals surface area (Å²) in [6.07, 6.45) is 8.31. The number of aromatic nitrogens is 1. The first kappa shape index (κ1) is 25.6. The number of hydrogen-bond acceptors (Lipinski definition) is 3. The van der Waals surface area contributed by atoms with Gasteiger partial charge in [-0.1, -0.05) is 103 Å². The van der Waals surface area contributed by atoms with Crippen molar-refractivity contribution in [1.82, 2.24) is 0 Å². The molecule has 0 amide bonds. The van der Waals surface area contributed by atoms with Crippen molar-refractivity contribution in [3.8, 4) is 0 Å². The quantitative estimate of drug-likeness (QED) is 0.183. The fourth-order valence-electron chi connectivity index (χ4n) is 5.26. The van der Waals surface area contributed by atoms with Crippen molar-refractivity contribution in [1.29, 1.82) is 0 Å². The molecule has 0 aliphatic heterocycles. The lowest BCUT2D eigenvalue weighted by Crippen LogP contribution is -2.36. The molecule has 1 heterocycles. The number of fused-ring (bicyclic) bond motifs is 2. The van der Waals surface area contributed by atoms with Gasteiger partial charge in [-0.3, -0.25) is 4.55 Å². The van der Waals surface area contributed by atoms with Crippen LogP contribution in [0.4, 0.5) is 0 Å². The molecular weight excluding hydrogens is 498 g/mol. The van der Waals surface area contributed by atoms with Crippen LogP contribution in [-0.2, 0) is 16.7 Å². The van der Waals surface area contributed by atoms with E-state index in [1.807, 2.05) is 12.1 Å². The largest absolute Gasteiger partial charge is 0.286 e. The summed E-state index contributed by atoms with van der Waals surface area (Å²) in [5.74, 6) is -0.00608. The average Bonchev–Trinajstić information content (AvgIpc) is 3.24. The highest BCUT2D eigenvalue weighted by molar-refractivity contribution is 7.85. The van der Waals surface area contributed by atoms with E-state index in [1.54, 1.807) is 11.3 Å². The Morgan fingerprint density at radius 2 is 1.68 bits per heavy atom. The zero-order valence-corrected chi connectivity index (χ0v) is 22.6. The number of allylic oxidation sites excluding steroid dienone is 3. The minimum Gasteiger partial charge on any atom is -0.286 e. The van der Waals surface area contributed by atoms with Crippen molar-refractivity contribution >= 4 is 43.3 Å². The van der Waals surface area contributed by atoms with Crippen LogP contribution in [0.2, 0.25) is 0 Å². The maximum absolute atomic E-state index is 11.4. The Hall–Kier alpha value is -3.06. The first-order valence-corrected chi connectivity index (χ1v) is 15.3. The van der Waals surface area contributed by atoms with Gasteiger partial charge in [0, 0.05) is 24.5 Å². The number of rotatable bonds is 9. The molecule has 4 nitrogen and oxygen atoms in total. The van der Waals surface area contributed by atoms with Crippen molar-refractivity contribution in [3.05, 3.63) is 112 Å². The van der Waals surface area contributed by atoms with Gasteiger partial charge in [-0.05, 0) is 41.2 Å². The topological polar surface area (TPSA) is 58.2 Å². The van der Waals surface area contributed by atoms with E-state index in [0.29, 0.717) is 13.0 Å². The van der Waals surface area contributed by atoms with Gasteiger partial charge in [-0.25, -0.2) is 0 Å². The van der Waals surface area contributed by atoms with Crippen LogP contribution in [0.15, 0.2) is 90.5 Å². The summed E-state index contributed by atoms with van der Waals surface area (Å²) in [5.41, 5.74) is 7.57. The predicted molar refractivity (Wildman–Crippen MR) is 153 cm³/mol. The normalized spacial score (nSPS) is 16.6. The number of aryl methyl sites for hydroxylation is 1. The molecule has 0 saturated carbocycles. The van der Waals surface area contributed by atoms with E-state index in [1.165, 1.54) is 27.8 Å². The molecule has 1 aromatic heterocycles. The van der Waals surface area contributed by atoms with Crippen molar-refractivity contribution in [2.75, 3.05) is 5.75 Å². The van der Waals surface area contributed by atoms with Gasteiger partial charge < -0.3 is 0 Å². The highest BCUT2D eigenvalue weighted by Gasteiger charge is 2.28. The van der Waals surface area contributed by atoms with Crippen molar-refractivity contribution in [2.45, 2.75) is 45.1 Å². The van der Waals surface area contributed by atoms with Crippen LogP contribution in [0, 0.1) is 0 Å². The number of hydrogen-bond donors (Lipinski definition) is 1. The predicted octanol–water partition coefficient (Wildman–Crippen LogP) is 7.27. The molecule has 1 unspecified atom stereocenters. The fraction of sp³-hybridized carbons (Fsp3) is 0.258. The summed E-state index contributed by atoms with van der Waals surface area (Å²) in [6, 6.07) is 27.7. The van der Waals surface area contributed by atoms with E-state index in [-0.39, 0.29) is 11.7 Å². The standard InChI is InChI=1S/C31H31NO3S2/c1-2-3-12-24-21-25(26-15-7-8-16-27(26)31(24)23-13-5-4-6-14-23)22-30-32(19-11-20-37(33,34)35)28-17-9-10-18-29(28)36-30/h4-10,13-18,21-22,31H,2-3,11-12,19-20H2,1H3/p+1. The molecule has 1 aliphatic carbocycles. The van der Waals surface area contributed by atoms with E-state index in [2.05, 4.69) is 90.4 Å². The Labute approximate surface area is 223 Å². The molecule has 0 fully saturated rings. The molecule has 0 bridgehead atoms. The Bertz CT molecular complexity index is 1570. The van der Waals surface area contributed by atoms with E-state index < -0.39 is 10.1 Å². The van der Waals surface area contributed by atoms with E-state index >= 15 is 0 Å². The Morgan fingerprint density at radius 3 is 2.46 bits per heavy atom. The number of thiazole rings is 1. The molecule has 1 N–H and O–H groups in total. The zero-order chi connectivity index (χ0) is 25.8. The summed E-state index contributed by atoms with van der Waals surface area (Å²) >= 11 is 1.71. The Balaban J connectivity index is 1.63. The Kier molecular flexibility index (Phi) is 7.70. The zero-order valence-electron chi connectivity index (χ0n) is 21.0. The number of nitrogens with zero attached hydrogens (tertiary/aromatic N) is 1. The molecule has 37 heavy (non-hydrogen) atoms. The van der Waals surface area contributed by atoms with Crippen LogP contribution < -0.4 is 4.57 Å². The third kappa shape index (κ3) is 5.77. The molecule has 3 aromatic carbocycles. The van der Waals surface area contributed by atoms with Crippen LogP contribution >= 0.6 is 11.3 Å². The van der Waals surface area contributed by atoms with Crippen LogP contribution in [0.3, 0.4) is 0 Å². The molecule has 0 spiro atoms. The minimum atomic E-state index is -3.99. The highest BCUT2D eigenvalue weighted by Crippen LogP contribution is 2.44. The smallest absolute Gasteiger partial charge is 0.265 e. The fourth-order valence-corrected chi connectivity index (χ4v) is 6.89. The summed E-state index contributed by atoms with van der Waals surface area (Å²) in [4.78, 5) is 0. The van der Waals surface area contributed by atoms with E-state index in [0.717, 1.165) is 34.5 Å². The van der Waals surface area contributed by atoms with Gasteiger partial charge in [-0.15, -0.1) is 0 Å². The lowest BCUT2D eigenvalue weighted by atomic mass is 9.74. The molecule has 4 aromatic rings. The summed E-state index contributed by atoms with van der Waals surface area (Å²) in [6.45, 7) is 2.75. The second kappa shape index (κ2) is 11.1. The highest BCUT2D eigenvalue weighted by atomic mass is 32.2. The first-order chi connectivity index (χ1) is 17.9. The van der Waals surface area contributed by atoms with Gasteiger partial charge in [0.05, 0.1) is 5.75 Å². The van der Waals surface area contributed by atoms with E-state index in [4.69, 9.17) is 0 Å². The van der Waals surface area contributed by atoms with Crippen LogP contribution in [-0.4, -0.2) is 18.7 Å². The van der Waals surface area contributed by atoms with Gasteiger partial charge in [0.1, 0.15) is 4.70 Å². The summed E-state index contributed by atoms with van der Waals surface area (Å²) < 4.78 is 35.3. The molecule has 6 heteroatoms. The third-order valence-corrected chi connectivity index (χ3v) is 8.86. The van der Waals surface area contributed by atoms with E-state index in [9.17, 15) is 13.0 Å². The molecular formula is C31H32NO3S2+. The van der Waals surface area contributed by atoms with Crippen molar-refractivity contribution < 1.29 is 17.5 Å². The molecule has 0 saturated heterocycles. The molecule has 0 radical (unpaired) electrons. The second-order valence-corrected chi connectivity index (χ2v) is 12.2. The molecule has 1 aliphatic rings. The van der Waals surface area contributed by atoms with Gasteiger partial charge in [0.2, 0.25) is 5.52 Å². The summed E-state index contributed by atoms with van der Waals surface area (Å²) in [5, 5.41) is 1.07. The third-order valence-electron chi connectivity index (χ3n) is 6.95. The lowest BCUT2D eigenvalue weighted by molar-refractivity contribution is -0.668. The Morgan fingerprint density at radius 1 is 0.946 bits per heavy atom.